The lowest BCUT2D eigenvalue weighted by Gasteiger charge is -2.31. The van der Waals surface area contributed by atoms with Gasteiger partial charge in [0.25, 0.3) is 0 Å². The molecule has 1 heterocycles. The van der Waals surface area contributed by atoms with Crippen LogP contribution in [0.5, 0.6) is 5.75 Å². The van der Waals surface area contributed by atoms with Crippen LogP contribution < -0.4 is 16.0 Å². The second-order valence-electron chi connectivity index (χ2n) is 4.84. The molecular formula is C14H22N2O2. The van der Waals surface area contributed by atoms with Crippen molar-refractivity contribution in [2.45, 2.75) is 25.8 Å². The monoisotopic (exact) mass is 250 g/mol. The zero-order valence-corrected chi connectivity index (χ0v) is 11.1. The van der Waals surface area contributed by atoms with E-state index in [1.165, 1.54) is 5.56 Å². The van der Waals surface area contributed by atoms with Crippen LogP contribution >= 0.6 is 0 Å². The number of methoxy groups -OCH3 is 1. The molecule has 4 heteroatoms. The Morgan fingerprint density at radius 2 is 2.11 bits per heavy atom. The van der Waals surface area contributed by atoms with E-state index in [1.807, 2.05) is 0 Å². The number of nitrogens with one attached hydrogen (secondary N) is 1. The lowest BCUT2D eigenvalue weighted by Crippen LogP contribution is -2.36. The Labute approximate surface area is 108 Å². The van der Waals surface area contributed by atoms with Crippen LogP contribution in [0.4, 0.5) is 0 Å². The topological polar surface area (TPSA) is 56.5 Å². The van der Waals surface area contributed by atoms with Gasteiger partial charge < -0.3 is 9.47 Å². The molecule has 1 aliphatic heterocycles. The Hall–Kier alpha value is -1.10. The summed E-state index contributed by atoms with van der Waals surface area (Å²) in [7, 11) is 1.70. The van der Waals surface area contributed by atoms with E-state index in [2.05, 4.69) is 30.5 Å². The lowest BCUT2D eigenvalue weighted by molar-refractivity contribution is 0.0533. The SMILES string of the molecule is COc1cc(C)ccc1C(NN)C1CCOCC1. The van der Waals surface area contributed by atoms with Gasteiger partial charge in [0.15, 0.2) is 0 Å². The summed E-state index contributed by atoms with van der Waals surface area (Å²) in [5.41, 5.74) is 5.28. The Morgan fingerprint density at radius 1 is 1.39 bits per heavy atom. The van der Waals surface area contributed by atoms with Crippen LogP contribution in [0.1, 0.15) is 30.0 Å². The van der Waals surface area contributed by atoms with Gasteiger partial charge in [-0.25, -0.2) is 0 Å². The molecule has 0 aromatic heterocycles. The Kier molecular flexibility index (Phi) is 4.58. The lowest BCUT2D eigenvalue weighted by atomic mass is 9.87. The summed E-state index contributed by atoms with van der Waals surface area (Å²) in [6, 6.07) is 6.39. The number of hydrogen-bond donors (Lipinski definition) is 2. The molecule has 4 nitrogen and oxygen atoms in total. The Morgan fingerprint density at radius 3 is 2.72 bits per heavy atom. The summed E-state index contributed by atoms with van der Waals surface area (Å²) in [6.07, 6.45) is 2.07. The molecule has 3 N–H and O–H groups in total. The molecule has 18 heavy (non-hydrogen) atoms. The molecule has 1 aromatic carbocycles. The second kappa shape index (κ2) is 6.18. The number of aryl methyl sites for hydroxylation is 1. The second-order valence-corrected chi connectivity index (χ2v) is 4.84. The summed E-state index contributed by atoms with van der Waals surface area (Å²) in [4.78, 5) is 0. The zero-order valence-electron chi connectivity index (χ0n) is 11.1. The van der Waals surface area contributed by atoms with Gasteiger partial charge in [0.05, 0.1) is 13.2 Å². The molecule has 0 spiro atoms. The van der Waals surface area contributed by atoms with Crippen LogP contribution in [0.15, 0.2) is 18.2 Å². The van der Waals surface area contributed by atoms with Crippen LogP contribution in [0, 0.1) is 12.8 Å². The van der Waals surface area contributed by atoms with Gasteiger partial charge in [0.2, 0.25) is 0 Å². The number of ether oxygens (including phenoxy) is 2. The number of hydrogen-bond acceptors (Lipinski definition) is 4. The first kappa shape index (κ1) is 13.3. The van der Waals surface area contributed by atoms with Crippen LogP contribution in [0.25, 0.3) is 0 Å². The zero-order chi connectivity index (χ0) is 13.0. The van der Waals surface area contributed by atoms with Gasteiger partial charge in [-0.15, -0.1) is 0 Å². The maximum Gasteiger partial charge on any atom is 0.123 e. The highest BCUT2D eigenvalue weighted by Crippen LogP contribution is 2.34. The van der Waals surface area contributed by atoms with Gasteiger partial charge in [0, 0.05) is 18.8 Å². The molecule has 1 saturated heterocycles. The molecule has 1 fully saturated rings. The molecule has 1 unspecified atom stereocenters. The number of nitrogens with two attached hydrogens (primary N) is 1. The van der Waals surface area contributed by atoms with E-state index < -0.39 is 0 Å². The van der Waals surface area contributed by atoms with Crippen LogP contribution in [0.2, 0.25) is 0 Å². The van der Waals surface area contributed by atoms with Crippen molar-refractivity contribution in [2.75, 3.05) is 20.3 Å². The first-order valence-corrected chi connectivity index (χ1v) is 6.44. The highest BCUT2D eigenvalue weighted by Gasteiger charge is 2.26. The maximum atomic E-state index is 5.75. The molecule has 0 saturated carbocycles. The summed E-state index contributed by atoms with van der Waals surface area (Å²) < 4.78 is 10.9. The van der Waals surface area contributed by atoms with E-state index in [4.69, 9.17) is 15.3 Å². The van der Waals surface area contributed by atoms with Crippen molar-refractivity contribution in [1.82, 2.24) is 5.43 Å². The average molecular weight is 250 g/mol. The van der Waals surface area contributed by atoms with Crippen molar-refractivity contribution in [3.63, 3.8) is 0 Å². The maximum absolute atomic E-state index is 5.75. The molecule has 1 aliphatic rings. The highest BCUT2D eigenvalue weighted by atomic mass is 16.5. The standard InChI is InChI=1S/C14H22N2O2/c1-10-3-4-12(13(9-10)17-2)14(16-15)11-5-7-18-8-6-11/h3-4,9,11,14,16H,5-8,15H2,1-2H3. The fourth-order valence-corrected chi connectivity index (χ4v) is 2.60. The molecule has 1 atom stereocenters. The third kappa shape index (κ3) is 2.83. The third-order valence-electron chi connectivity index (χ3n) is 3.64. The number of hydrazine groups is 1. The van der Waals surface area contributed by atoms with Crippen LogP contribution in [-0.4, -0.2) is 20.3 Å². The van der Waals surface area contributed by atoms with Crippen LogP contribution in [-0.2, 0) is 4.74 Å². The molecule has 0 aliphatic carbocycles. The van der Waals surface area contributed by atoms with E-state index >= 15 is 0 Å². The molecule has 2 rings (SSSR count). The van der Waals surface area contributed by atoms with E-state index in [9.17, 15) is 0 Å². The molecule has 100 valence electrons. The average Bonchev–Trinajstić information content (AvgIpc) is 2.42. The number of benzene rings is 1. The summed E-state index contributed by atoms with van der Waals surface area (Å²) in [6.45, 7) is 3.69. The quantitative estimate of drug-likeness (QED) is 0.633. The Balaban J connectivity index is 2.25. The van der Waals surface area contributed by atoms with Crippen molar-refractivity contribution < 1.29 is 9.47 Å². The summed E-state index contributed by atoms with van der Waals surface area (Å²) >= 11 is 0. The smallest absolute Gasteiger partial charge is 0.123 e. The minimum absolute atomic E-state index is 0.129. The van der Waals surface area contributed by atoms with Crippen molar-refractivity contribution in [3.05, 3.63) is 29.3 Å². The van der Waals surface area contributed by atoms with Crippen molar-refractivity contribution in [1.29, 1.82) is 0 Å². The summed E-state index contributed by atoms with van der Waals surface area (Å²) in [5, 5.41) is 0. The summed E-state index contributed by atoms with van der Waals surface area (Å²) in [5.74, 6) is 7.16. The van der Waals surface area contributed by atoms with E-state index in [1.54, 1.807) is 7.11 Å². The minimum atomic E-state index is 0.129. The van der Waals surface area contributed by atoms with Crippen molar-refractivity contribution >= 4 is 0 Å². The first-order valence-electron chi connectivity index (χ1n) is 6.44. The Bertz CT molecular complexity index is 389. The third-order valence-corrected chi connectivity index (χ3v) is 3.64. The van der Waals surface area contributed by atoms with Gasteiger partial charge in [-0.3, -0.25) is 11.3 Å². The largest absolute Gasteiger partial charge is 0.496 e. The number of rotatable bonds is 4. The minimum Gasteiger partial charge on any atom is -0.496 e. The van der Waals surface area contributed by atoms with Gasteiger partial charge in [-0.2, -0.15) is 0 Å². The van der Waals surface area contributed by atoms with E-state index in [0.717, 1.165) is 37.4 Å². The predicted molar refractivity (Wildman–Crippen MR) is 71.3 cm³/mol. The molecular weight excluding hydrogens is 228 g/mol. The molecule has 0 radical (unpaired) electrons. The molecule has 0 bridgehead atoms. The van der Waals surface area contributed by atoms with Gasteiger partial charge in [-0.1, -0.05) is 12.1 Å². The normalized spacial score (nSPS) is 18.6. The molecule has 1 aromatic rings. The fraction of sp³-hybridized carbons (Fsp3) is 0.571. The van der Waals surface area contributed by atoms with Crippen LogP contribution in [0.3, 0.4) is 0 Å². The van der Waals surface area contributed by atoms with Crippen molar-refractivity contribution in [2.24, 2.45) is 11.8 Å². The first-order chi connectivity index (χ1) is 8.76. The van der Waals surface area contributed by atoms with Gasteiger partial charge in [-0.05, 0) is 37.3 Å². The van der Waals surface area contributed by atoms with Gasteiger partial charge in [0.1, 0.15) is 5.75 Å². The van der Waals surface area contributed by atoms with Crippen molar-refractivity contribution in [3.8, 4) is 5.75 Å². The molecule has 0 amide bonds. The van der Waals surface area contributed by atoms with E-state index in [-0.39, 0.29) is 6.04 Å². The van der Waals surface area contributed by atoms with Gasteiger partial charge >= 0.3 is 0 Å². The fourth-order valence-electron chi connectivity index (χ4n) is 2.60. The predicted octanol–water partition coefficient (Wildman–Crippen LogP) is 1.93. The van der Waals surface area contributed by atoms with E-state index in [0.29, 0.717) is 5.92 Å². The highest BCUT2D eigenvalue weighted by molar-refractivity contribution is 5.39.